The second-order valence-corrected chi connectivity index (χ2v) is 8.77. The first-order chi connectivity index (χ1) is 18.4. The number of urea groups is 1. The Balaban J connectivity index is 0.000000638. The molecule has 202 valence electrons. The van der Waals surface area contributed by atoms with Crippen molar-refractivity contribution in [1.29, 1.82) is 0 Å². The van der Waals surface area contributed by atoms with Crippen LogP contribution in [0.4, 0.5) is 22.1 Å². The monoisotopic (exact) mass is 515 g/mol. The quantitative estimate of drug-likeness (QED) is 0.253. The molecule has 1 aromatic heterocycles. The molecular formula is C30H41N7O. The second kappa shape index (κ2) is 17.5. The summed E-state index contributed by atoms with van der Waals surface area (Å²) < 4.78 is 0. The van der Waals surface area contributed by atoms with Gasteiger partial charge in [0.2, 0.25) is 5.95 Å². The van der Waals surface area contributed by atoms with Gasteiger partial charge in [-0.25, -0.2) is 14.8 Å². The highest BCUT2D eigenvalue weighted by Gasteiger charge is 2.03. The number of rotatable bonds is 10. The standard InChI is InChI=1S/C24H26N6O.C6H15N/c1-30(2)15-7-14-25-23-26-17-20(18-27-23)13-12-19-8-6-11-22(16-19)29-24(31)28-21-9-4-3-5-10-21;1-4-7(5-2)6-3/h3-6,8-11,16-18H,7,14-15H2,1-2H3,(H,25,26,27)(H2,28,29,31);4-6H2,1-3H3. The van der Waals surface area contributed by atoms with Crippen LogP contribution in [-0.4, -0.2) is 72.6 Å². The molecule has 0 aliphatic heterocycles. The van der Waals surface area contributed by atoms with Gasteiger partial charge in [0, 0.05) is 35.9 Å². The zero-order chi connectivity index (χ0) is 27.6. The average molecular weight is 516 g/mol. The summed E-state index contributed by atoms with van der Waals surface area (Å²) >= 11 is 0. The second-order valence-electron chi connectivity index (χ2n) is 8.77. The zero-order valence-electron chi connectivity index (χ0n) is 23.3. The molecule has 8 nitrogen and oxygen atoms in total. The van der Waals surface area contributed by atoms with Gasteiger partial charge < -0.3 is 25.8 Å². The van der Waals surface area contributed by atoms with Crippen molar-refractivity contribution in [3.63, 3.8) is 0 Å². The van der Waals surface area contributed by atoms with Gasteiger partial charge in [-0.15, -0.1) is 0 Å². The summed E-state index contributed by atoms with van der Waals surface area (Å²) in [5.41, 5.74) is 2.89. The number of hydrogen-bond donors (Lipinski definition) is 3. The fraction of sp³-hybridized carbons (Fsp3) is 0.367. The summed E-state index contributed by atoms with van der Waals surface area (Å²) in [6.45, 7) is 12.0. The number of para-hydroxylation sites is 1. The van der Waals surface area contributed by atoms with Gasteiger partial charge >= 0.3 is 6.03 Å². The van der Waals surface area contributed by atoms with E-state index in [4.69, 9.17) is 0 Å². The van der Waals surface area contributed by atoms with E-state index in [1.807, 2.05) is 54.6 Å². The van der Waals surface area contributed by atoms with Crippen molar-refractivity contribution in [2.24, 2.45) is 0 Å². The summed E-state index contributed by atoms with van der Waals surface area (Å²) in [6.07, 6.45) is 4.42. The van der Waals surface area contributed by atoms with Crippen molar-refractivity contribution in [2.75, 3.05) is 62.8 Å². The number of nitrogens with one attached hydrogen (secondary N) is 3. The fourth-order valence-corrected chi connectivity index (χ4v) is 3.38. The maximum atomic E-state index is 12.1. The Morgan fingerprint density at radius 2 is 1.42 bits per heavy atom. The topological polar surface area (TPSA) is 85.4 Å². The van der Waals surface area contributed by atoms with Crippen molar-refractivity contribution in [2.45, 2.75) is 27.2 Å². The van der Waals surface area contributed by atoms with E-state index in [9.17, 15) is 4.79 Å². The van der Waals surface area contributed by atoms with E-state index in [1.54, 1.807) is 12.4 Å². The minimum absolute atomic E-state index is 0.307. The van der Waals surface area contributed by atoms with E-state index in [1.165, 1.54) is 19.6 Å². The Hall–Kier alpha value is -3.93. The third-order valence-corrected chi connectivity index (χ3v) is 5.56. The number of anilines is 3. The number of nitrogens with zero attached hydrogens (tertiary/aromatic N) is 4. The van der Waals surface area contributed by atoms with Gasteiger partial charge in [-0.3, -0.25) is 0 Å². The van der Waals surface area contributed by atoms with E-state index in [0.29, 0.717) is 11.6 Å². The minimum atomic E-state index is -0.307. The first-order valence-corrected chi connectivity index (χ1v) is 13.1. The fourth-order valence-electron chi connectivity index (χ4n) is 3.38. The molecule has 3 N–H and O–H groups in total. The van der Waals surface area contributed by atoms with Crippen LogP contribution < -0.4 is 16.0 Å². The molecular weight excluding hydrogens is 474 g/mol. The highest BCUT2D eigenvalue weighted by molar-refractivity contribution is 5.99. The molecule has 0 radical (unpaired) electrons. The number of hydrogen-bond acceptors (Lipinski definition) is 6. The van der Waals surface area contributed by atoms with Crippen molar-refractivity contribution in [3.8, 4) is 11.8 Å². The van der Waals surface area contributed by atoms with E-state index >= 15 is 0 Å². The highest BCUT2D eigenvalue weighted by Crippen LogP contribution is 2.12. The molecule has 0 bridgehead atoms. The van der Waals surface area contributed by atoms with Crippen LogP contribution in [-0.2, 0) is 0 Å². The number of benzene rings is 2. The maximum Gasteiger partial charge on any atom is 0.323 e. The van der Waals surface area contributed by atoms with Crippen LogP contribution in [0.3, 0.4) is 0 Å². The molecule has 3 aromatic rings. The average Bonchev–Trinajstić information content (AvgIpc) is 2.92. The summed E-state index contributed by atoms with van der Waals surface area (Å²) in [7, 11) is 4.10. The van der Waals surface area contributed by atoms with Gasteiger partial charge in [0.25, 0.3) is 0 Å². The Morgan fingerprint density at radius 1 is 0.816 bits per heavy atom. The van der Waals surface area contributed by atoms with Crippen LogP contribution in [0, 0.1) is 11.8 Å². The van der Waals surface area contributed by atoms with Crippen molar-refractivity contribution >= 4 is 23.4 Å². The van der Waals surface area contributed by atoms with Gasteiger partial charge in [-0.1, -0.05) is 56.9 Å². The molecule has 3 rings (SSSR count). The molecule has 1 heterocycles. The predicted octanol–water partition coefficient (Wildman–Crippen LogP) is 5.23. The largest absolute Gasteiger partial charge is 0.354 e. The van der Waals surface area contributed by atoms with E-state index in [2.05, 4.69) is 82.4 Å². The minimum Gasteiger partial charge on any atom is -0.354 e. The van der Waals surface area contributed by atoms with Crippen molar-refractivity contribution in [1.82, 2.24) is 19.8 Å². The smallest absolute Gasteiger partial charge is 0.323 e. The normalized spacial score (nSPS) is 10.2. The van der Waals surface area contributed by atoms with Crippen LogP contribution in [0.5, 0.6) is 0 Å². The maximum absolute atomic E-state index is 12.1. The molecule has 8 heteroatoms. The molecule has 2 amide bonds. The molecule has 2 aromatic carbocycles. The van der Waals surface area contributed by atoms with Gasteiger partial charge in [0.1, 0.15) is 0 Å². The Labute approximate surface area is 227 Å². The van der Waals surface area contributed by atoms with E-state index in [-0.39, 0.29) is 6.03 Å². The number of amides is 2. The summed E-state index contributed by atoms with van der Waals surface area (Å²) in [5, 5.41) is 8.80. The molecule has 0 aliphatic carbocycles. The Bertz CT molecular complexity index is 1130. The van der Waals surface area contributed by atoms with Crippen molar-refractivity contribution < 1.29 is 4.79 Å². The molecule has 0 spiro atoms. The van der Waals surface area contributed by atoms with Gasteiger partial charge in [0.15, 0.2) is 0 Å². The van der Waals surface area contributed by atoms with Crippen LogP contribution >= 0.6 is 0 Å². The van der Waals surface area contributed by atoms with Gasteiger partial charge in [-0.05, 0) is 77.0 Å². The SMILES string of the molecule is CCN(CC)CC.CN(C)CCCNc1ncc(C#Cc2cccc(NC(=O)Nc3ccccc3)c2)cn1. The van der Waals surface area contributed by atoms with Gasteiger partial charge in [-0.2, -0.15) is 0 Å². The lowest BCUT2D eigenvalue weighted by Crippen LogP contribution is -2.21. The predicted molar refractivity (Wildman–Crippen MR) is 159 cm³/mol. The van der Waals surface area contributed by atoms with Gasteiger partial charge in [0.05, 0.1) is 5.56 Å². The summed E-state index contributed by atoms with van der Waals surface area (Å²) in [4.78, 5) is 25.3. The molecule has 0 atom stereocenters. The van der Waals surface area contributed by atoms with E-state index < -0.39 is 0 Å². The molecule has 0 aliphatic rings. The van der Waals surface area contributed by atoms with Crippen LogP contribution in [0.1, 0.15) is 38.3 Å². The zero-order valence-corrected chi connectivity index (χ0v) is 23.3. The summed E-state index contributed by atoms with van der Waals surface area (Å²) in [6, 6.07) is 16.3. The molecule has 38 heavy (non-hydrogen) atoms. The van der Waals surface area contributed by atoms with Crippen molar-refractivity contribution in [3.05, 3.63) is 78.1 Å². The molecule has 0 fully saturated rings. The number of carbonyl (C=O) groups excluding carboxylic acids is 1. The van der Waals surface area contributed by atoms with E-state index in [0.717, 1.165) is 36.3 Å². The third-order valence-electron chi connectivity index (χ3n) is 5.56. The first kappa shape index (κ1) is 30.3. The highest BCUT2D eigenvalue weighted by atomic mass is 16.2. The molecule has 0 saturated heterocycles. The Kier molecular flexibility index (Phi) is 14.0. The molecule has 0 saturated carbocycles. The Morgan fingerprint density at radius 3 is 2.03 bits per heavy atom. The van der Waals surface area contributed by atoms with Crippen LogP contribution in [0.2, 0.25) is 0 Å². The first-order valence-electron chi connectivity index (χ1n) is 13.1. The molecule has 0 unspecified atom stereocenters. The lowest BCUT2D eigenvalue weighted by molar-refractivity contribution is 0.262. The van der Waals surface area contributed by atoms with Crippen LogP contribution in [0.15, 0.2) is 67.0 Å². The lowest BCUT2D eigenvalue weighted by Gasteiger charge is -2.13. The lowest BCUT2D eigenvalue weighted by atomic mass is 10.2. The third kappa shape index (κ3) is 12.3. The number of aromatic nitrogens is 2. The van der Waals surface area contributed by atoms with Crippen LogP contribution in [0.25, 0.3) is 0 Å². The number of carbonyl (C=O) groups is 1. The summed E-state index contributed by atoms with van der Waals surface area (Å²) in [5.74, 6) is 6.73.